The maximum atomic E-state index is 13.9. The summed E-state index contributed by atoms with van der Waals surface area (Å²) in [6.45, 7) is 6.10. The maximum Gasteiger partial charge on any atom is 0.220 e. The average molecular weight is 379 g/mol. The molecule has 1 atom stereocenters. The Labute approximate surface area is 161 Å². The molecule has 1 saturated carbocycles. The summed E-state index contributed by atoms with van der Waals surface area (Å²) in [6.07, 6.45) is 8.66. The predicted molar refractivity (Wildman–Crippen MR) is 103 cm³/mol. The number of hydrogen-bond acceptors (Lipinski definition) is 2. The third kappa shape index (κ3) is 4.87. The fourth-order valence-electron chi connectivity index (χ4n) is 4.71. The van der Waals surface area contributed by atoms with Crippen LogP contribution in [-0.4, -0.2) is 29.4 Å². The van der Waals surface area contributed by atoms with E-state index in [1.54, 1.807) is 6.07 Å². The third-order valence-electron chi connectivity index (χ3n) is 6.41. The van der Waals surface area contributed by atoms with Crippen molar-refractivity contribution < 1.29 is 13.6 Å². The van der Waals surface area contributed by atoms with E-state index in [1.807, 2.05) is 0 Å². The van der Waals surface area contributed by atoms with Crippen molar-refractivity contribution in [1.29, 1.82) is 0 Å². The van der Waals surface area contributed by atoms with E-state index < -0.39 is 11.6 Å². The highest BCUT2D eigenvalue weighted by molar-refractivity contribution is 5.77. The minimum atomic E-state index is -0.865. The third-order valence-corrected chi connectivity index (χ3v) is 6.41. The summed E-state index contributed by atoms with van der Waals surface area (Å²) in [4.78, 5) is 15.2. The first-order valence-electron chi connectivity index (χ1n) is 10.4. The molecule has 5 heteroatoms. The Morgan fingerprint density at radius 1 is 1.11 bits per heavy atom. The number of amides is 1. The summed E-state index contributed by atoms with van der Waals surface area (Å²) in [5.74, 6) is -1.26. The molecule has 2 aliphatic rings. The summed E-state index contributed by atoms with van der Waals surface area (Å²) >= 11 is 0. The zero-order valence-electron chi connectivity index (χ0n) is 16.6. The lowest BCUT2D eigenvalue weighted by Gasteiger charge is -2.43. The molecule has 0 radical (unpaired) electrons. The molecular formula is C22H32F2N2O. The number of rotatable bonds is 6. The molecule has 1 aromatic rings. The quantitative estimate of drug-likeness (QED) is 0.758. The van der Waals surface area contributed by atoms with Gasteiger partial charge in [-0.2, -0.15) is 0 Å². The molecule has 150 valence electrons. The van der Waals surface area contributed by atoms with E-state index in [-0.39, 0.29) is 17.5 Å². The Hall–Kier alpha value is -1.49. The van der Waals surface area contributed by atoms with Crippen LogP contribution < -0.4 is 5.32 Å². The van der Waals surface area contributed by atoms with Crippen molar-refractivity contribution in [3.05, 3.63) is 35.4 Å². The second-order valence-electron chi connectivity index (χ2n) is 8.73. The highest BCUT2D eigenvalue weighted by Gasteiger charge is 2.39. The number of nitrogens with one attached hydrogen (secondary N) is 1. The summed E-state index contributed by atoms with van der Waals surface area (Å²) in [7, 11) is 0. The molecule has 2 fully saturated rings. The van der Waals surface area contributed by atoms with Crippen molar-refractivity contribution in [1.82, 2.24) is 10.2 Å². The molecule has 0 bridgehead atoms. The first kappa shape index (κ1) is 20.2. The molecule has 1 unspecified atom stereocenters. The zero-order chi connectivity index (χ0) is 19.4. The van der Waals surface area contributed by atoms with E-state index in [0.717, 1.165) is 44.8 Å². The Morgan fingerprint density at radius 3 is 2.41 bits per heavy atom. The summed E-state index contributed by atoms with van der Waals surface area (Å²) in [5, 5.41) is 3.17. The summed E-state index contributed by atoms with van der Waals surface area (Å²) < 4.78 is 27.4. The van der Waals surface area contributed by atoms with Crippen LogP contribution in [0.15, 0.2) is 18.2 Å². The van der Waals surface area contributed by atoms with Gasteiger partial charge in [-0.05, 0) is 76.2 Å². The van der Waals surface area contributed by atoms with Crippen LogP contribution in [0.25, 0.3) is 0 Å². The molecular weight excluding hydrogens is 346 g/mol. The predicted octanol–water partition coefficient (Wildman–Crippen LogP) is 4.97. The minimum Gasteiger partial charge on any atom is -0.347 e. The van der Waals surface area contributed by atoms with Crippen LogP contribution in [0.2, 0.25) is 0 Å². The van der Waals surface area contributed by atoms with Gasteiger partial charge in [-0.15, -0.1) is 0 Å². The molecule has 1 aromatic carbocycles. The lowest BCUT2D eigenvalue weighted by atomic mass is 9.85. The van der Waals surface area contributed by atoms with Gasteiger partial charge in [-0.25, -0.2) is 8.78 Å². The van der Waals surface area contributed by atoms with Gasteiger partial charge in [0.25, 0.3) is 0 Å². The lowest BCUT2D eigenvalue weighted by Crippen LogP contribution is -2.53. The van der Waals surface area contributed by atoms with E-state index in [4.69, 9.17) is 0 Å². The number of carbonyl (C=O) groups is 1. The molecule has 1 aliphatic carbocycles. The van der Waals surface area contributed by atoms with Gasteiger partial charge in [-0.3, -0.25) is 9.69 Å². The number of hydrogen-bond donors (Lipinski definition) is 1. The fourth-order valence-corrected chi connectivity index (χ4v) is 4.71. The monoisotopic (exact) mass is 378 g/mol. The number of likely N-dealkylation sites (tertiary alicyclic amines) is 1. The highest BCUT2D eigenvalue weighted by Crippen LogP contribution is 2.35. The molecule has 27 heavy (non-hydrogen) atoms. The van der Waals surface area contributed by atoms with E-state index >= 15 is 0 Å². The van der Waals surface area contributed by atoms with Crippen molar-refractivity contribution in [2.24, 2.45) is 5.92 Å². The maximum absolute atomic E-state index is 13.9. The van der Waals surface area contributed by atoms with E-state index in [0.29, 0.717) is 17.9 Å². The van der Waals surface area contributed by atoms with Gasteiger partial charge in [0, 0.05) is 12.0 Å². The van der Waals surface area contributed by atoms with Crippen molar-refractivity contribution >= 4 is 5.91 Å². The van der Waals surface area contributed by atoms with Crippen LogP contribution in [0.1, 0.15) is 76.8 Å². The molecule has 1 saturated heterocycles. The molecule has 3 nitrogen and oxygen atoms in total. The van der Waals surface area contributed by atoms with Gasteiger partial charge in [0.05, 0.1) is 6.04 Å². The Bertz CT molecular complexity index is 650. The van der Waals surface area contributed by atoms with Gasteiger partial charge in [0.15, 0.2) is 11.6 Å². The topological polar surface area (TPSA) is 32.3 Å². The number of nitrogens with zero attached hydrogens (tertiary/aromatic N) is 1. The normalized spacial score (nSPS) is 20.6. The standard InChI is InChI=1S/C22H32F2N2O/c1-22(2,26-12-6-7-13-26)21(17-10-11-18(23)19(24)15-17)25-20(27)14-16-8-4-3-5-9-16/h10-11,15-16,21H,3-9,12-14H2,1-2H3,(H,25,27). The largest absolute Gasteiger partial charge is 0.347 e. The Morgan fingerprint density at radius 2 is 1.78 bits per heavy atom. The Balaban J connectivity index is 1.80. The first-order chi connectivity index (χ1) is 12.9. The van der Waals surface area contributed by atoms with Crippen LogP contribution in [0.5, 0.6) is 0 Å². The number of halogens is 2. The fraction of sp³-hybridized carbons (Fsp3) is 0.682. The first-order valence-corrected chi connectivity index (χ1v) is 10.4. The van der Waals surface area contributed by atoms with Gasteiger partial charge in [0.1, 0.15) is 0 Å². The van der Waals surface area contributed by atoms with Crippen molar-refractivity contribution in [3.63, 3.8) is 0 Å². The molecule has 1 N–H and O–H groups in total. The average Bonchev–Trinajstić information content (AvgIpc) is 3.18. The zero-order valence-corrected chi connectivity index (χ0v) is 16.6. The number of carbonyl (C=O) groups excluding carboxylic acids is 1. The van der Waals surface area contributed by atoms with Crippen molar-refractivity contribution in [2.75, 3.05) is 13.1 Å². The van der Waals surface area contributed by atoms with Crippen molar-refractivity contribution in [2.45, 2.75) is 76.8 Å². The lowest BCUT2D eigenvalue weighted by molar-refractivity contribution is -0.124. The van der Waals surface area contributed by atoms with Crippen LogP contribution in [-0.2, 0) is 4.79 Å². The van der Waals surface area contributed by atoms with Crippen LogP contribution in [0, 0.1) is 17.6 Å². The molecule has 1 aliphatic heterocycles. The van der Waals surface area contributed by atoms with Gasteiger partial charge in [0.2, 0.25) is 5.91 Å². The van der Waals surface area contributed by atoms with E-state index in [1.165, 1.54) is 25.3 Å². The molecule has 0 aromatic heterocycles. The van der Waals surface area contributed by atoms with Gasteiger partial charge >= 0.3 is 0 Å². The highest BCUT2D eigenvalue weighted by atomic mass is 19.2. The summed E-state index contributed by atoms with van der Waals surface area (Å²) in [6, 6.07) is 3.62. The van der Waals surface area contributed by atoms with Gasteiger partial charge in [-0.1, -0.05) is 25.3 Å². The van der Waals surface area contributed by atoms with Crippen molar-refractivity contribution in [3.8, 4) is 0 Å². The smallest absolute Gasteiger partial charge is 0.220 e. The van der Waals surface area contributed by atoms with E-state index in [9.17, 15) is 13.6 Å². The van der Waals surface area contributed by atoms with E-state index in [2.05, 4.69) is 24.1 Å². The number of benzene rings is 1. The van der Waals surface area contributed by atoms with Crippen LogP contribution >= 0.6 is 0 Å². The SMILES string of the molecule is CC(C)(C(NC(=O)CC1CCCCC1)c1ccc(F)c(F)c1)N1CCCC1. The molecule has 3 rings (SSSR count). The summed E-state index contributed by atoms with van der Waals surface area (Å²) in [5.41, 5.74) is 0.256. The Kier molecular flexibility index (Phi) is 6.51. The molecule has 0 spiro atoms. The second-order valence-corrected chi connectivity index (χ2v) is 8.73. The van der Waals surface area contributed by atoms with Crippen LogP contribution in [0.4, 0.5) is 8.78 Å². The minimum absolute atomic E-state index is 0.0175. The second kappa shape index (κ2) is 8.68. The molecule has 1 heterocycles. The van der Waals surface area contributed by atoms with Crippen LogP contribution in [0.3, 0.4) is 0 Å². The molecule has 1 amide bonds. The van der Waals surface area contributed by atoms with Gasteiger partial charge < -0.3 is 5.32 Å².